The smallest absolute Gasteiger partial charge is 0.254 e. The highest BCUT2D eigenvalue weighted by molar-refractivity contribution is 6.00. The molecule has 2 N–H and O–H groups in total. The molecule has 0 aliphatic heterocycles. The Balaban J connectivity index is 1.66. The highest BCUT2D eigenvalue weighted by Gasteiger charge is 2.28. The summed E-state index contributed by atoms with van der Waals surface area (Å²) in [6.45, 7) is 4.99. The van der Waals surface area contributed by atoms with Gasteiger partial charge in [-0.25, -0.2) is 4.98 Å². The van der Waals surface area contributed by atoms with Crippen molar-refractivity contribution in [3.8, 4) is 6.07 Å². The summed E-state index contributed by atoms with van der Waals surface area (Å²) in [4.78, 5) is 24.1. The van der Waals surface area contributed by atoms with E-state index in [0.29, 0.717) is 29.4 Å². The van der Waals surface area contributed by atoms with Crippen LogP contribution in [0.5, 0.6) is 0 Å². The second-order valence-electron chi connectivity index (χ2n) is 7.83. The van der Waals surface area contributed by atoms with Gasteiger partial charge in [-0.15, -0.1) is 0 Å². The van der Waals surface area contributed by atoms with E-state index in [-0.39, 0.29) is 5.91 Å². The van der Waals surface area contributed by atoms with Crippen LogP contribution in [0, 0.1) is 31.1 Å². The Morgan fingerprint density at radius 2 is 2.03 bits per heavy atom. The number of nitrogens with zero attached hydrogens (tertiary/aromatic N) is 4. The van der Waals surface area contributed by atoms with Crippen LogP contribution >= 0.6 is 0 Å². The normalized spacial score (nSPS) is 13.3. The largest absolute Gasteiger partial charge is 0.383 e. The van der Waals surface area contributed by atoms with Gasteiger partial charge in [0.15, 0.2) is 0 Å². The van der Waals surface area contributed by atoms with Crippen LogP contribution in [0.2, 0.25) is 0 Å². The molecule has 1 saturated carbocycles. The first kappa shape index (κ1) is 18.9. The van der Waals surface area contributed by atoms with Crippen molar-refractivity contribution in [3.63, 3.8) is 0 Å². The molecule has 0 spiro atoms. The molecule has 6 nitrogen and oxygen atoms in total. The van der Waals surface area contributed by atoms with E-state index in [9.17, 15) is 4.79 Å². The maximum Gasteiger partial charge on any atom is 0.254 e. The molecule has 0 unspecified atom stereocenters. The van der Waals surface area contributed by atoms with E-state index in [1.165, 1.54) is 0 Å². The van der Waals surface area contributed by atoms with Crippen molar-refractivity contribution < 1.29 is 4.79 Å². The number of nitrogen functional groups attached to an aromatic ring is 1. The number of hydrogen-bond donors (Lipinski definition) is 1. The Labute approximate surface area is 170 Å². The third-order valence-corrected chi connectivity index (χ3v) is 5.39. The molecule has 4 rings (SSSR count). The number of rotatable bonds is 5. The summed E-state index contributed by atoms with van der Waals surface area (Å²) < 4.78 is 0. The zero-order valence-electron chi connectivity index (χ0n) is 16.6. The van der Waals surface area contributed by atoms with Crippen LogP contribution in [0.1, 0.15) is 45.6 Å². The minimum atomic E-state index is -0.00284. The molecule has 0 radical (unpaired) electrons. The molecule has 3 aromatic rings. The highest BCUT2D eigenvalue weighted by Crippen LogP contribution is 2.31. The number of pyridine rings is 2. The number of hydrogen-bond acceptors (Lipinski definition) is 5. The first-order valence-corrected chi connectivity index (χ1v) is 9.76. The van der Waals surface area contributed by atoms with Crippen LogP contribution in [-0.2, 0) is 6.54 Å². The molecule has 1 aliphatic carbocycles. The Hall–Kier alpha value is -3.46. The monoisotopic (exact) mass is 385 g/mol. The molecule has 6 heteroatoms. The molecule has 2 heterocycles. The quantitative estimate of drug-likeness (QED) is 0.721. The standard InChI is InChI=1S/C23H23N5O/c1-14-8-21-18(7-15(2)22(25)27-21)9-20(14)23(29)28(12-16-3-4-16)13-19-6-5-17(10-24)11-26-19/h5-9,11,16H,3-4,12-13H2,1-2H3,(H2,25,27). The van der Waals surface area contributed by atoms with E-state index in [1.54, 1.807) is 12.3 Å². The minimum Gasteiger partial charge on any atom is -0.383 e. The molecule has 2 aromatic heterocycles. The molecule has 0 saturated heterocycles. The van der Waals surface area contributed by atoms with E-state index in [2.05, 4.69) is 16.0 Å². The highest BCUT2D eigenvalue weighted by atomic mass is 16.2. The van der Waals surface area contributed by atoms with Crippen molar-refractivity contribution >= 4 is 22.6 Å². The molecule has 1 amide bonds. The molecule has 0 bridgehead atoms. The van der Waals surface area contributed by atoms with Crippen molar-refractivity contribution in [2.45, 2.75) is 33.2 Å². The summed E-state index contributed by atoms with van der Waals surface area (Å²) in [5.41, 5.74) is 10.5. The number of nitriles is 1. The lowest BCUT2D eigenvalue weighted by molar-refractivity contribution is 0.0732. The van der Waals surface area contributed by atoms with Crippen molar-refractivity contribution in [2.24, 2.45) is 5.92 Å². The number of fused-ring (bicyclic) bond motifs is 1. The minimum absolute atomic E-state index is 0.00284. The van der Waals surface area contributed by atoms with Crippen molar-refractivity contribution in [3.05, 3.63) is 64.5 Å². The molecule has 1 aromatic carbocycles. The fourth-order valence-electron chi connectivity index (χ4n) is 3.46. The first-order valence-electron chi connectivity index (χ1n) is 9.76. The molecule has 146 valence electrons. The lowest BCUT2D eigenvalue weighted by Crippen LogP contribution is -2.33. The summed E-state index contributed by atoms with van der Waals surface area (Å²) in [6, 6.07) is 11.4. The number of carbonyl (C=O) groups is 1. The maximum atomic E-state index is 13.5. The molecule has 29 heavy (non-hydrogen) atoms. The molecule has 0 atom stereocenters. The van der Waals surface area contributed by atoms with E-state index in [4.69, 9.17) is 11.0 Å². The Morgan fingerprint density at radius 3 is 2.69 bits per heavy atom. The van der Waals surface area contributed by atoms with Gasteiger partial charge in [0, 0.05) is 23.7 Å². The van der Waals surface area contributed by atoms with Crippen LogP contribution in [-0.4, -0.2) is 27.3 Å². The van der Waals surface area contributed by atoms with Gasteiger partial charge in [-0.3, -0.25) is 9.78 Å². The van der Waals surface area contributed by atoms with Crippen molar-refractivity contribution in [1.29, 1.82) is 5.26 Å². The topological polar surface area (TPSA) is 95.9 Å². The van der Waals surface area contributed by atoms with E-state index in [0.717, 1.165) is 47.1 Å². The lowest BCUT2D eigenvalue weighted by atomic mass is 10.0. The van der Waals surface area contributed by atoms with Crippen LogP contribution in [0.4, 0.5) is 5.82 Å². The van der Waals surface area contributed by atoms with Crippen molar-refractivity contribution in [2.75, 3.05) is 12.3 Å². The predicted octanol–water partition coefficient (Wildman–Crippen LogP) is 3.75. The first-order chi connectivity index (χ1) is 13.9. The van der Waals surface area contributed by atoms with Gasteiger partial charge in [-0.1, -0.05) is 0 Å². The number of amides is 1. The number of carbonyl (C=O) groups excluding carboxylic acids is 1. The van der Waals surface area contributed by atoms with Crippen molar-refractivity contribution in [1.82, 2.24) is 14.9 Å². The SMILES string of the molecule is Cc1cc2nc(N)c(C)cc2cc1C(=O)N(Cc1ccc(C#N)cn1)CC1CC1. The van der Waals surface area contributed by atoms with Gasteiger partial charge >= 0.3 is 0 Å². The van der Waals surface area contributed by atoms with E-state index in [1.807, 2.05) is 43.0 Å². The second kappa shape index (κ2) is 7.51. The molecular formula is C23H23N5O. The fraction of sp³-hybridized carbons (Fsp3) is 0.304. The zero-order chi connectivity index (χ0) is 20.5. The van der Waals surface area contributed by atoms with E-state index >= 15 is 0 Å². The maximum absolute atomic E-state index is 13.5. The van der Waals surface area contributed by atoms with Crippen LogP contribution in [0.15, 0.2) is 36.5 Å². The van der Waals surface area contributed by atoms with Crippen LogP contribution in [0.25, 0.3) is 10.9 Å². The third-order valence-electron chi connectivity index (χ3n) is 5.39. The Kier molecular flexibility index (Phi) is 4.89. The van der Waals surface area contributed by atoms with Gasteiger partial charge in [0.25, 0.3) is 5.91 Å². The van der Waals surface area contributed by atoms with Gasteiger partial charge in [-0.2, -0.15) is 5.26 Å². The summed E-state index contributed by atoms with van der Waals surface area (Å²) in [5.74, 6) is 1.07. The molecule has 1 aliphatic rings. The van der Waals surface area contributed by atoms with Gasteiger partial charge in [0.05, 0.1) is 23.3 Å². The number of anilines is 1. The van der Waals surface area contributed by atoms with Gasteiger partial charge in [0.1, 0.15) is 11.9 Å². The van der Waals surface area contributed by atoms with Crippen LogP contribution < -0.4 is 5.73 Å². The summed E-state index contributed by atoms with van der Waals surface area (Å²) in [7, 11) is 0. The lowest BCUT2D eigenvalue weighted by Gasteiger charge is -2.23. The van der Waals surface area contributed by atoms with Crippen LogP contribution in [0.3, 0.4) is 0 Å². The Bertz CT molecular complexity index is 1130. The number of nitrogens with two attached hydrogens (primary N) is 1. The Morgan fingerprint density at radius 1 is 1.24 bits per heavy atom. The zero-order valence-corrected chi connectivity index (χ0v) is 16.6. The second-order valence-corrected chi connectivity index (χ2v) is 7.83. The number of aryl methyl sites for hydroxylation is 2. The third kappa shape index (κ3) is 4.04. The molecule has 1 fully saturated rings. The number of benzene rings is 1. The van der Waals surface area contributed by atoms with E-state index < -0.39 is 0 Å². The molecular weight excluding hydrogens is 362 g/mol. The summed E-state index contributed by atoms with van der Waals surface area (Å²) in [5, 5.41) is 9.87. The summed E-state index contributed by atoms with van der Waals surface area (Å²) in [6.07, 6.45) is 3.86. The fourth-order valence-corrected chi connectivity index (χ4v) is 3.46. The average Bonchev–Trinajstić information content (AvgIpc) is 3.52. The number of aromatic nitrogens is 2. The van der Waals surface area contributed by atoms with Gasteiger partial charge in [0.2, 0.25) is 0 Å². The van der Waals surface area contributed by atoms with Gasteiger partial charge < -0.3 is 10.6 Å². The van der Waals surface area contributed by atoms with Gasteiger partial charge in [-0.05, 0) is 74.1 Å². The summed E-state index contributed by atoms with van der Waals surface area (Å²) >= 11 is 0. The average molecular weight is 385 g/mol. The predicted molar refractivity (Wildman–Crippen MR) is 112 cm³/mol.